The molecule has 0 saturated heterocycles. The van der Waals surface area contributed by atoms with Gasteiger partial charge in [-0.3, -0.25) is 0 Å². The number of nitrogens with zero attached hydrogens (tertiary/aromatic N) is 1. The zero-order valence-corrected chi connectivity index (χ0v) is 17.4. The molecule has 3 aromatic rings. The SMILES string of the molecule is Cc1ccc(C2CCCC2)cc1-c1c2ccc(C3CCCC3)cc2cc[n+]1C. The van der Waals surface area contributed by atoms with Crippen molar-refractivity contribution < 1.29 is 4.57 Å². The maximum Gasteiger partial charge on any atom is 0.220 e. The van der Waals surface area contributed by atoms with Crippen molar-refractivity contribution in [2.75, 3.05) is 0 Å². The molecule has 2 aromatic carbocycles. The van der Waals surface area contributed by atoms with Crippen molar-refractivity contribution in [3.8, 4) is 11.3 Å². The molecule has 2 saturated carbocycles. The molecule has 0 spiro atoms. The van der Waals surface area contributed by atoms with Crippen LogP contribution in [-0.2, 0) is 7.05 Å². The predicted octanol–water partition coefficient (Wildman–Crippen LogP) is 6.95. The van der Waals surface area contributed by atoms with Gasteiger partial charge in [0.05, 0.1) is 5.39 Å². The van der Waals surface area contributed by atoms with E-state index in [2.05, 4.69) is 67.2 Å². The van der Waals surface area contributed by atoms with Gasteiger partial charge in [-0.15, -0.1) is 0 Å². The number of fused-ring (bicyclic) bond motifs is 1. The van der Waals surface area contributed by atoms with E-state index >= 15 is 0 Å². The monoisotopic (exact) mass is 370 g/mol. The van der Waals surface area contributed by atoms with Crippen LogP contribution in [0, 0.1) is 6.92 Å². The fourth-order valence-electron chi connectivity index (χ4n) is 5.65. The molecule has 0 radical (unpaired) electrons. The van der Waals surface area contributed by atoms with E-state index < -0.39 is 0 Å². The van der Waals surface area contributed by atoms with Crippen LogP contribution in [-0.4, -0.2) is 0 Å². The Labute approximate surface area is 169 Å². The number of benzene rings is 2. The Hall–Kier alpha value is -2.15. The van der Waals surface area contributed by atoms with E-state index in [-0.39, 0.29) is 0 Å². The summed E-state index contributed by atoms with van der Waals surface area (Å²) in [6.45, 7) is 2.26. The van der Waals surface area contributed by atoms with E-state index in [0.29, 0.717) is 0 Å². The number of hydrogen-bond acceptors (Lipinski definition) is 0. The minimum Gasteiger partial charge on any atom is -0.200 e. The van der Waals surface area contributed by atoms with Gasteiger partial charge >= 0.3 is 0 Å². The molecular formula is C27H32N+. The Kier molecular flexibility index (Phi) is 4.70. The molecule has 1 nitrogen and oxygen atoms in total. The Morgan fingerprint density at radius 3 is 2.04 bits per heavy atom. The van der Waals surface area contributed by atoms with Crippen molar-refractivity contribution in [1.82, 2.24) is 0 Å². The summed E-state index contributed by atoms with van der Waals surface area (Å²) in [6, 6.07) is 16.8. The molecule has 28 heavy (non-hydrogen) atoms. The van der Waals surface area contributed by atoms with Crippen molar-refractivity contribution in [2.45, 2.75) is 70.1 Å². The summed E-state index contributed by atoms with van der Waals surface area (Å²) in [4.78, 5) is 0. The Morgan fingerprint density at radius 2 is 1.36 bits per heavy atom. The number of aromatic nitrogens is 1. The summed E-state index contributed by atoms with van der Waals surface area (Å²) < 4.78 is 2.32. The third-order valence-corrected chi connectivity index (χ3v) is 7.33. The molecule has 1 heteroatoms. The van der Waals surface area contributed by atoms with E-state index in [1.807, 2.05) is 0 Å². The van der Waals surface area contributed by atoms with E-state index in [1.165, 1.54) is 84.5 Å². The molecule has 2 fully saturated rings. The number of rotatable bonds is 3. The molecule has 0 amide bonds. The van der Waals surface area contributed by atoms with Gasteiger partial charge in [0.25, 0.3) is 0 Å². The molecule has 1 heterocycles. The van der Waals surface area contributed by atoms with Crippen LogP contribution in [0.5, 0.6) is 0 Å². The molecule has 0 atom stereocenters. The first-order chi connectivity index (χ1) is 13.7. The second-order valence-corrected chi connectivity index (χ2v) is 9.16. The van der Waals surface area contributed by atoms with Gasteiger partial charge in [-0.25, -0.2) is 4.57 Å². The Balaban J connectivity index is 1.63. The van der Waals surface area contributed by atoms with E-state index in [0.717, 1.165) is 11.8 Å². The number of aryl methyl sites for hydroxylation is 2. The Bertz CT molecular complexity index is 1000. The zero-order chi connectivity index (χ0) is 19.1. The summed E-state index contributed by atoms with van der Waals surface area (Å²) in [7, 11) is 2.20. The maximum absolute atomic E-state index is 2.49. The third kappa shape index (κ3) is 3.15. The molecule has 1 aromatic heterocycles. The zero-order valence-electron chi connectivity index (χ0n) is 17.4. The van der Waals surface area contributed by atoms with E-state index in [4.69, 9.17) is 0 Å². The van der Waals surface area contributed by atoms with Gasteiger partial charge < -0.3 is 0 Å². The van der Waals surface area contributed by atoms with Crippen LogP contribution in [0.1, 0.15) is 79.9 Å². The molecule has 0 bridgehead atoms. The second-order valence-electron chi connectivity index (χ2n) is 9.16. The van der Waals surface area contributed by atoms with E-state index in [1.54, 1.807) is 5.56 Å². The smallest absolute Gasteiger partial charge is 0.200 e. The van der Waals surface area contributed by atoms with Gasteiger partial charge in [0, 0.05) is 11.6 Å². The number of hydrogen-bond donors (Lipinski definition) is 0. The molecule has 2 aliphatic carbocycles. The largest absolute Gasteiger partial charge is 0.220 e. The molecule has 2 aliphatic rings. The highest BCUT2D eigenvalue weighted by atomic mass is 14.9. The Morgan fingerprint density at radius 1 is 0.750 bits per heavy atom. The van der Waals surface area contributed by atoms with Gasteiger partial charge in [-0.2, -0.15) is 0 Å². The highest BCUT2D eigenvalue weighted by Crippen LogP contribution is 2.39. The lowest BCUT2D eigenvalue weighted by Crippen LogP contribution is -2.30. The first-order valence-corrected chi connectivity index (χ1v) is 11.2. The topological polar surface area (TPSA) is 3.88 Å². The lowest BCUT2D eigenvalue weighted by molar-refractivity contribution is -0.659. The maximum atomic E-state index is 2.49. The molecule has 144 valence electrons. The lowest BCUT2D eigenvalue weighted by Gasteiger charge is -2.15. The predicted molar refractivity (Wildman–Crippen MR) is 118 cm³/mol. The normalized spacial score (nSPS) is 18.4. The van der Waals surface area contributed by atoms with Gasteiger partial charge in [0.1, 0.15) is 7.05 Å². The van der Waals surface area contributed by atoms with Crippen molar-refractivity contribution in [3.63, 3.8) is 0 Å². The average Bonchev–Trinajstić information content (AvgIpc) is 3.43. The highest BCUT2D eigenvalue weighted by Gasteiger charge is 2.23. The van der Waals surface area contributed by atoms with Crippen molar-refractivity contribution in [3.05, 3.63) is 65.4 Å². The molecular weight excluding hydrogens is 338 g/mol. The fraction of sp³-hybridized carbons (Fsp3) is 0.444. The van der Waals surface area contributed by atoms with Crippen LogP contribution in [0.4, 0.5) is 0 Å². The first kappa shape index (κ1) is 17.9. The van der Waals surface area contributed by atoms with Crippen LogP contribution in [0.25, 0.3) is 22.0 Å². The van der Waals surface area contributed by atoms with Crippen LogP contribution >= 0.6 is 0 Å². The quantitative estimate of drug-likeness (QED) is 0.439. The molecule has 5 rings (SSSR count). The van der Waals surface area contributed by atoms with Gasteiger partial charge in [0.2, 0.25) is 5.69 Å². The van der Waals surface area contributed by atoms with Crippen molar-refractivity contribution in [1.29, 1.82) is 0 Å². The summed E-state index contributed by atoms with van der Waals surface area (Å²) >= 11 is 0. The van der Waals surface area contributed by atoms with Gasteiger partial charge in [-0.05, 0) is 78.7 Å². The minimum atomic E-state index is 0.758. The summed E-state index contributed by atoms with van der Waals surface area (Å²) in [5.41, 5.74) is 7.24. The lowest BCUT2D eigenvalue weighted by atomic mass is 9.90. The first-order valence-electron chi connectivity index (χ1n) is 11.2. The van der Waals surface area contributed by atoms with Crippen LogP contribution < -0.4 is 4.57 Å². The standard InChI is InChI=1S/C27H32N/c1-19-11-12-23(21-9-5-6-10-21)18-26(19)27-25-14-13-22(20-7-3-4-8-20)17-24(25)15-16-28(27)2/h11-18,20-21H,3-10H2,1-2H3/q+1. The van der Waals surface area contributed by atoms with Gasteiger partial charge in [-0.1, -0.05) is 49.9 Å². The fourth-order valence-corrected chi connectivity index (χ4v) is 5.65. The van der Waals surface area contributed by atoms with Crippen molar-refractivity contribution in [2.24, 2.45) is 7.05 Å². The third-order valence-electron chi connectivity index (χ3n) is 7.33. The van der Waals surface area contributed by atoms with Crippen LogP contribution in [0.15, 0.2) is 48.7 Å². The summed E-state index contributed by atoms with van der Waals surface area (Å²) in [5.74, 6) is 1.53. The van der Waals surface area contributed by atoms with Crippen molar-refractivity contribution >= 4 is 10.8 Å². The molecule has 0 N–H and O–H groups in total. The number of pyridine rings is 1. The minimum absolute atomic E-state index is 0.758. The van der Waals surface area contributed by atoms with Crippen LogP contribution in [0.2, 0.25) is 0 Å². The average molecular weight is 371 g/mol. The summed E-state index contributed by atoms with van der Waals surface area (Å²) in [6.07, 6.45) is 13.3. The van der Waals surface area contributed by atoms with Gasteiger partial charge in [0.15, 0.2) is 6.20 Å². The van der Waals surface area contributed by atoms with E-state index in [9.17, 15) is 0 Å². The van der Waals surface area contributed by atoms with Crippen LogP contribution in [0.3, 0.4) is 0 Å². The second kappa shape index (κ2) is 7.35. The molecule has 0 aliphatic heterocycles. The highest BCUT2D eigenvalue weighted by molar-refractivity contribution is 5.94. The summed E-state index contributed by atoms with van der Waals surface area (Å²) in [5, 5.41) is 2.78. The molecule has 0 unspecified atom stereocenters.